The molecule has 28 heavy (non-hydrogen) atoms. The summed E-state index contributed by atoms with van der Waals surface area (Å²) >= 11 is 6.91. The predicted molar refractivity (Wildman–Crippen MR) is 108 cm³/mol. The topological polar surface area (TPSA) is 114 Å². The van der Waals surface area contributed by atoms with Gasteiger partial charge in [-0.2, -0.15) is 5.10 Å². The van der Waals surface area contributed by atoms with Crippen LogP contribution in [0.15, 0.2) is 58.7 Å². The summed E-state index contributed by atoms with van der Waals surface area (Å²) in [5, 5.41) is 21.3. The number of non-ortho nitro benzene ring substituents is 1. The van der Waals surface area contributed by atoms with Crippen LogP contribution in [0.5, 0.6) is 0 Å². The number of rotatable bonds is 6. The number of Topliss-reactive ketones (excluding diaryl/α,β-unsaturated/α-hetero) is 1. The molecule has 1 unspecified atom stereocenters. The third-order valence-electron chi connectivity index (χ3n) is 3.75. The molecule has 0 bridgehead atoms. The molecular formula is C18H13ClN4O4S. The summed E-state index contributed by atoms with van der Waals surface area (Å²) in [4.78, 5) is 34.6. The van der Waals surface area contributed by atoms with Crippen molar-refractivity contribution in [3.8, 4) is 0 Å². The summed E-state index contributed by atoms with van der Waals surface area (Å²) in [5.74, 6) is -0.498. The fourth-order valence-corrected chi connectivity index (χ4v) is 3.43. The van der Waals surface area contributed by atoms with Gasteiger partial charge in [0.15, 0.2) is 11.0 Å². The monoisotopic (exact) mass is 416 g/mol. The lowest BCUT2D eigenvalue weighted by molar-refractivity contribution is -0.384. The van der Waals surface area contributed by atoms with Crippen molar-refractivity contribution in [2.45, 2.75) is 11.7 Å². The Bertz CT molecular complexity index is 991. The van der Waals surface area contributed by atoms with Crippen LogP contribution in [0.3, 0.4) is 0 Å². The van der Waals surface area contributed by atoms with Gasteiger partial charge in [-0.1, -0.05) is 35.5 Å². The Morgan fingerprint density at radius 3 is 2.75 bits per heavy atom. The molecule has 1 N–H and O–H groups in total. The Kier molecular flexibility index (Phi) is 6.17. The van der Waals surface area contributed by atoms with Crippen molar-refractivity contribution in [1.82, 2.24) is 5.32 Å². The summed E-state index contributed by atoms with van der Waals surface area (Å²) < 4.78 is 0. The van der Waals surface area contributed by atoms with E-state index in [1.807, 2.05) is 0 Å². The maximum atomic E-state index is 12.3. The number of amidine groups is 1. The number of nitrogens with one attached hydrogen (secondary N) is 1. The van der Waals surface area contributed by atoms with Crippen molar-refractivity contribution in [2.24, 2.45) is 10.2 Å². The number of ketones is 1. The number of hydrogen-bond acceptors (Lipinski definition) is 7. The van der Waals surface area contributed by atoms with E-state index in [0.717, 1.165) is 11.8 Å². The zero-order valence-corrected chi connectivity index (χ0v) is 15.8. The zero-order chi connectivity index (χ0) is 20.1. The smallest absolute Gasteiger partial charge is 0.270 e. The minimum absolute atomic E-state index is 0.0196. The van der Waals surface area contributed by atoms with E-state index in [9.17, 15) is 19.7 Å². The third kappa shape index (κ3) is 5.02. The van der Waals surface area contributed by atoms with Gasteiger partial charge >= 0.3 is 0 Å². The molecule has 0 saturated carbocycles. The molecule has 2 aromatic carbocycles. The lowest BCUT2D eigenvalue weighted by Crippen LogP contribution is -2.26. The van der Waals surface area contributed by atoms with Gasteiger partial charge in [0.25, 0.3) is 5.69 Å². The molecule has 3 rings (SSSR count). The first-order valence-electron chi connectivity index (χ1n) is 8.04. The maximum absolute atomic E-state index is 12.3. The predicted octanol–water partition coefficient (Wildman–Crippen LogP) is 3.44. The first-order chi connectivity index (χ1) is 13.4. The molecule has 8 nitrogen and oxygen atoms in total. The zero-order valence-electron chi connectivity index (χ0n) is 14.2. The molecule has 0 radical (unpaired) electrons. The molecule has 142 valence electrons. The average Bonchev–Trinajstić information content (AvgIpc) is 3.01. The van der Waals surface area contributed by atoms with Crippen LogP contribution in [0, 0.1) is 10.1 Å². The normalized spacial score (nSPS) is 17.8. The van der Waals surface area contributed by atoms with Crippen molar-refractivity contribution in [3.63, 3.8) is 0 Å². The van der Waals surface area contributed by atoms with Crippen molar-refractivity contribution in [1.29, 1.82) is 0 Å². The van der Waals surface area contributed by atoms with Gasteiger partial charge in [-0.15, -0.1) is 5.10 Å². The molecular weight excluding hydrogens is 404 g/mol. The van der Waals surface area contributed by atoms with Gasteiger partial charge < -0.3 is 5.32 Å². The second-order valence-electron chi connectivity index (χ2n) is 5.73. The molecule has 1 atom stereocenters. The number of nitro groups is 1. The molecule has 1 heterocycles. The highest BCUT2D eigenvalue weighted by atomic mass is 35.5. The molecule has 1 fully saturated rings. The number of amides is 1. The first-order valence-corrected chi connectivity index (χ1v) is 9.30. The van der Waals surface area contributed by atoms with Crippen LogP contribution in [0.2, 0.25) is 5.02 Å². The number of nitro benzene ring substituents is 1. The Balaban J connectivity index is 1.62. The van der Waals surface area contributed by atoms with Crippen LogP contribution in [-0.4, -0.2) is 33.2 Å². The molecule has 1 aliphatic heterocycles. The number of benzene rings is 2. The van der Waals surface area contributed by atoms with Gasteiger partial charge in [-0.05, 0) is 24.3 Å². The molecule has 0 aliphatic carbocycles. The van der Waals surface area contributed by atoms with Crippen molar-refractivity contribution in [3.05, 3.63) is 74.8 Å². The van der Waals surface area contributed by atoms with E-state index >= 15 is 0 Å². The van der Waals surface area contributed by atoms with E-state index in [0.29, 0.717) is 16.1 Å². The maximum Gasteiger partial charge on any atom is 0.270 e. The largest absolute Gasteiger partial charge is 0.303 e. The fourth-order valence-electron chi connectivity index (χ4n) is 2.38. The first kappa shape index (κ1) is 19.7. The molecule has 0 spiro atoms. The van der Waals surface area contributed by atoms with E-state index in [1.165, 1.54) is 24.4 Å². The standard InChI is InChI=1S/C18H13ClN4O4S/c19-13-6-4-12(5-7-13)15(24)9-16-17(25)21-18(28-16)22-20-10-11-2-1-3-14(8-11)23(26)27/h1-8,10,16H,9H2,(H,21,22,25). The highest BCUT2D eigenvalue weighted by Gasteiger charge is 2.32. The molecule has 10 heteroatoms. The molecule has 1 saturated heterocycles. The summed E-state index contributed by atoms with van der Waals surface area (Å²) in [7, 11) is 0. The quantitative estimate of drug-likeness (QED) is 0.335. The number of thioether (sulfide) groups is 1. The van der Waals surface area contributed by atoms with Crippen LogP contribution >= 0.6 is 23.4 Å². The number of halogens is 1. The van der Waals surface area contributed by atoms with Gasteiger partial charge in [0, 0.05) is 34.7 Å². The van der Waals surface area contributed by atoms with E-state index in [4.69, 9.17) is 11.6 Å². The van der Waals surface area contributed by atoms with Crippen LogP contribution in [0.1, 0.15) is 22.3 Å². The number of nitrogens with zero attached hydrogens (tertiary/aromatic N) is 3. The van der Waals surface area contributed by atoms with Crippen LogP contribution in [-0.2, 0) is 4.79 Å². The van der Waals surface area contributed by atoms with E-state index in [-0.39, 0.29) is 29.0 Å². The SMILES string of the molecule is O=C(CC1SC(=NN=Cc2cccc([N+](=O)[O-])c2)NC1=O)c1ccc(Cl)cc1. The summed E-state index contributed by atoms with van der Waals surface area (Å²) in [5.41, 5.74) is 0.926. The van der Waals surface area contributed by atoms with E-state index in [1.54, 1.807) is 30.3 Å². The minimum atomic E-state index is -0.602. The van der Waals surface area contributed by atoms with E-state index < -0.39 is 10.2 Å². The fraction of sp³-hybridized carbons (Fsp3) is 0.111. The van der Waals surface area contributed by atoms with Crippen LogP contribution in [0.4, 0.5) is 5.69 Å². The van der Waals surface area contributed by atoms with Gasteiger partial charge in [-0.25, -0.2) is 0 Å². The van der Waals surface area contributed by atoms with Gasteiger partial charge in [0.05, 0.1) is 16.4 Å². The molecule has 0 aromatic heterocycles. The number of carbonyl (C=O) groups is 2. The lowest BCUT2D eigenvalue weighted by atomic mass is 10.1. The van der Waals surface area contributed by atoms with Crippen LogP contribution in [0.25, 0.3) is 0 Å². The second kappa shape index (κ2) is 8.77. The summed E-state index contributed by atoms with van der Waals surface area (Å²) in [6.07, 6.45) is 1.37. The highest BCUT2D eigenvalue weighted by molar-refractivity contribution is 8.15. The van der Waals surface area contributed by atoms with Gasteiger partial charge in [0.2, 0.25) is 5.91 Å². The Morgan fingerprint density at radius 2 is 2.04 bits per heavy atom. The Hall–Kier alpha value is -3.04. The number of hydrogen-bond donors (Lipinski definition) is 1. The van der Waals surface area contributed by atoms with Gasteiger partial charge in [0.1, 0.15) is 0 Å². The highest BCUT2D eigenvalue weighted by Crippen LogP contribution is 2.24. The van der Waals surface area contributed by atoms with Crippen molar-refractivity contribution < 1.29 is 14.5 Å². The van der Waals surface area contributed by atoms with Crippen LogP contribution < -0.4 is 5.32 Å². The van der Waals surface area contributed by atoms with E-state index in [2.05, 4.69) is 15.5 Å². The minimum Gasteiger partial charge on any atom is -0.303 e. The second-order valence-corrected chi connectivity index (χ2v) is 7.36. The Morgan fingerprint density at radius 1 is 1.29 bits per heavy atom. The van der Waals surface area contributed by atoms with Crippen molar-refractivity contribution in [2.75, 3.05) is 0 Å². The molecule has 1 amide bonds. The summed E-state index contributed by atoms with van der Waals surface area (Å²) in [6, 6.07) is 12.4. The lowest BCUT2D eigenvalue weighted by Gasteiger charge is -2.04. The van der Waals surface area contributed by atoms with Gasteiger partial charge in [-0.3, -0.25) is 19.7 Å². The number of carbonyl (C=O) groups excluding carboxylic acids is 2. The third-order valence-corrected chi connectivity index (χ3v) is 5.07. The molecule has 2 aromatic rings. The molecule has 1 aliphatic rings. The van der Waals surface area contributed by atoms with Crippen molar-refractivity contribution >= 4 is 52.1 Å². The Labute approximate surface area is 168 Å². The summed E-state index contributed by atoms with van der Waals surface area (Å²) in [6.45, 7) is 0. The average molecular weight is 417 g/mol.